The van der Waals surface area contributed by atoms with Crippen LogP contribution in [0, 0.1) is 0 Å². The lowest BCUT2D eigenvalue weighted by molar-refractivity contribution is -0.143. The average molecular weight is 989 g/mol. The number of aliphatic hydroxyl groups is 2. The Morgan fingerprint density at radius 2 is 0.671 bits per heavy atom. The summed E-state index contributed by atoms with van der Waals surface area (Å²) in [5.41, 5.74) is 0. The first kappa shape index (κ1) is 68.6. The van der Waals surface area contributed by atoms with Gasteiger partial charge in [-0.05, 0) is 51.4 Å². The second kappa shape index (κ2) is 60.2. The van der Waals surface area contributed by atoms with Gasteiger partial charge in [0.1, 0.15) is 0 Å². The largest absolute Gasteiger partial charge is 0.466 e. The number of hydrogen-bond donors (Lipinski definition) is 3. The van der Waals surface area contributed by atoms with E-state index in [-0.39, 0.29) is 18.5 Å². The Morgan fingerprint density at radius 3 is 1.01 bits per heavy atom. The summed E-state index contributed by atoms with van der Waals surface area (Å²) in [6.07, 6.45) is 72.2. The summed E-state index contributed by atoms with van der Waals surface area (Å²) in [5, 5.41) is 23.4. The van der Waals surface area contributed by atoms with E-state index >= 15 is 0 Å². The van der Waals surface area contributed by atoms with Crippen molar-refractivity contribution in [1.82, 2.24) is 5.32 Å². The van der Waals surface area contributed by atoms with Crippen molar-refractivity contribution < 1.29 is 24.5 Å². The minimum Gasteiger partial charge on any atom is -0.466 e. The van der Waals surface area contributed by atoms with Gasteiger partial charge in [0.25, 0.3) is 0 Å². The van der Waals surface area contributed by atoms with Crippen LogP contribution in [0.15, 0.2) is 12.2 Å². The zero-order chi connectivity index (χ0) is 50.7. The van der Waals surface area contributed by atoms with E-state index in [0.29, 0.717) is 25.9 Å². The van der Waals surface area contributed by atoms with Crippen LogP contribution in [0.2, 0.25) is 0 Å². The van der Waals surface area contributed by atoms with Gasteiger partial charge in [0, 0.05) is 12.8 Å². The molecule has 0 spiro atoms. The molecule has 1 amide bonds. The predicted octanol–water partition coefficient (Wildman–Crippen LogP) is 20.0. The van der Waals surface area contributed by atoms with E-state index in [9.17, 15) is 19.8 Å². The highest BCUT2D eigenvalue weighted by Gasteiger charge is 2.20. The molecule has 0 aliphatic heterocycles. The molecule has 0 saturated heterocycles. The molecule has 0 bridgehead atoms. The normalized spacial score (nSPS) is 12.6. The topological polar surface area (TPSA) is 95.9 Å². The molecule has 0 rings (SSSR count). The van der Waals surface area contributed by atoms with E-state index in [4.69, 9.17) is 4.74 Å². The quantitative estimate of drug-likeness (QED) is 0.0321. The fourth-order valence-corrected chi connectivity index (χ4v) is 10.2. The molecule has 0 fully saturated rings. The highest BCUT2D eigenvalue weighted by molar-refractivity contribution is 5.76. The van der Waals surface area contributed by atoms with Crippen molar-refractivity contribution in [3.63, 3.8) is 0 Å². The van der Waals surface area contributed by atoms with Gasteiger partial charge >= 0.3 is 5.97 Å². The number of esters is 1. The molecule has 0 heterocycles. The number of ether oxygens (including phenoxy) is 1. The molecule has 6 heteroatoms. The molecular formula is C64H125NO5. The molecule has 0 aromatic heterocycles. The van der Waals surface area contributed by atoms with Crippen molar-refractivity contribution in [1.29, 1.82) is 0 Å². The van der Waals surface area contributed by atoms with Crippen LogP contribution >= 0.6 is 0 Å². The summed E-state index contributed by atoms with van der Waals surface area (Å²) in [6, 6.07) is -0.546. The zero-order valence-electron chi connectivity index (χ0n) is 47.5. The van der Waals surface area contributed by atoms with Gasteiger partial charge in [0.2, 0.25) is 5.91 Å². The van der Waals surface area contributed by atoms with Gasteiger partial charge in [-0.3, -0.25) is 9.59 Å². The Morgan fingerprint density at radius 1 is 0.386 bits per heavy atom. The summed E-state index contributed by atoms with van der Waals surface area (Å²) in [6.45, 7) is 4.98. The van der Waals surface area contributed by atoms with Crippen molar-refractivity contribution in [3.05, 3.63) is 12.2 Å². The first-order chi connectivity index (χ1) is 34.5. The number of aliphatic hydroxyl groups excluding tert-OH is 2. The van der Waals surface area contributed by atoms with E-state index in [1.54, 1.807) is 0 Å². The Hall–Kier alpha value is -1.40. The second-order valence-corrected chi connectivity index (χ2v) is 22.1. The molecule has 2 unspecified atom stereocenters. The molecule has 3 N–H and O–H groups in total. The van der Waals surface area contributed by atoms with Crippen LogP contribution in [0.25, 0.3) is 0 Å². The fourth-order valence-electron chi connectivity index (χ4n) is 10.2. The Labute approximate surface area is 438 Å². The molecule has 0 aromatic carbocycles. The summed E-state index contributed by atoms with van der Waals surface area (Å²) < 4.78 is 5.47. The molecule has 0 aliphatic carbocycles. The molecule has 2 atom stereocenters. The summed E-state index contributed by atoms with van der Waals surface area (Å²) in [5.74, 6) is -0.0268. The van der Waals surface area contributed by atoms with E-state index in [1.165, 1.54) is 289 Å². The smallest absolute Gasteiger partial charge is 0.305 e. The average Bonchev–Trinajstić information content (AvgIpc) is 3.36. The highest BCUT2D eigenvalue weighted by atomic mass is 16.5. The summed E-state index contributed by atoms with van der Waals surface area (Å²) in [7, 11) is 0. The van der Waals surface area contributed by atoms with Gasteiger partial charge < -0.3 is 20.3 Å². The van der Waals surface area contributed by atoms with Crippen molar-refractivity contribution in [2.45, 2.75) is 373 Å². The third kappa shape index (κ3) is 55.9. The molecule has 0 aliphatic rings. The lowest BCUT2D eigenvalue weighted by Crippen LogP contribution is -2.45. The molecule has 70 heavy (non-hydrogen) atoms. The van der Waals surface area contributed by atoms with E-state index in [0.717, 1.165) is 38.5 Å². The maximum absolute atomic E-state index is 12.5. The van der Waals surface area contributed by atoms with Crippen LogP contribution in [-0.2, 0) is 14.3 Å². The maximum atomic E-state index is 12.5. The van der Waals surface area contributed by atoms with Crippen molar-refractivity contribution in [2.24, 2.45) is 0 Å². The molecule has 6 nitrogen and oxygen atoms in total. The number of unbranched alkanes of at least 4 members (excludes halogenated alkanes) is 47. The molecule has 0 saturated carbocycles. The first-order valence-corrected chi connectivity index (χ1v) is 31.9. The van der Waals surface area contributed by atoms with Crippen LogP contribution in [0.5, 0.6) is 0 Å². The van der Waals surface area contributed by atoms with Gasteiger partial charge in [-0.2, -0.15) is 0 Å². The first-order valence-electron chi connectivity index (χ1n) is 31.9. The Balaban J connectivity index is 3.41. The third-order valence-electron chi connectivity index (χ3n) is 15.1. The number of carbonyl (C=O) groups excluding carboxylic acids is 2. The number of nitrogens with one attached hydrogen (secondary N) is 1. The van der Waals surface area contributed by atoms with Crippen molar-refractivity contribution >= 4 is 11.9 Å². The van der Waals surface area contributed by atoms with Crippen LogP contribution in [0.3, 0.4) is 0 Å². The fraction of sp³-hybridized carbons (Fsp3) is 0.938. The third-order valence-corrected chi connectivity index (χ3v) is 15.1. The molecule has 0 radical (unpaired) electrons. The maximum Gasteiger partial charge on any atom is 0.305 e. The number of carbonyl (C=O) groups is 2. The minimum atomic E-state index is -0.668. The SMILES string of the molecule is CCCCCCCCCCCCCCCCCCCCCC(O)C(CO)NC(=O)CCCCCCCCC/C=C\CCCCCCCCCCCCCOC(=O)CCCCCCCCCCCCCC. The van der Waals surface area contributed by atoms with E-state index in [2.05, 4.69) is 31.3 Å². The van der Waals surface area contributed by atoms with Gasteiger partial charge in [0.05, 0.1) is 25.4 Å². The molecule has 0 aromatic rings. The van der Waals surface area contributed by atoms with E-state index < -0.39 is 12.1 Å². The Bertz CT molecular complexity index is 1050. The highest BCUT2D eigenvalue weighted by Crippen LogP contribution is 2.18. The molecule has 416 valence electrons. The number of amides is 1. The van der Waals surface area contributed by atoms with Crippen LogP contribution in [-0.4, -0.2) is 47.4 Å². The van der Waals surface area contributed by atoms with Gasteiger partial charge in [0.15, 0.2) is 0 Å². The summed E-state index contributed by atoms with van der Waals surface area (Å²) >= 11 is 0. The standard InChI is InChI=1S/C64H125NO5/c1-3-5-7-9-11-13-15-17-18-19-24-27-30-33-36-40-44-48-52-56-62(67)61(60-66)65-63(68)57-53-49-45-41-37-34-31-28-25-22-20-21-23-26-29-32-35-39-43-47-51-55-59-70-64(69)58-54-50-46-42-38-16-14-12-10-8-6-4-2/h22,25,61-62,66-67H,3-21,23-24,26-60H2,1-2H3,(H,65,68)/b25-22-. The lowest BCUT2D eigenvalue weighted by atomic mass is 10.0. The predicted molar refractivity (Wildman–Crippen MR) is 306 cm³/mol. The number of hydrogen-bond acceptors (Lipinski definition) is 5. The number of rotatable bonds is 60. The Kier molecular flexibility index (Phi) is 59.0. The van der Waals surface area contributed by atoms with Gasteiger partial charge in [-0.25, -0.2) is 0 Å². The second-order valence-electron chi connectivity index (χ2n) is 22.1. The number of allylic oxidation sites excluding steroid dienone is 2. The molecular weight excluding hydrogens is 863 g/mol. The van der Waals surface area contributed by atoms with Crippen LogP contribution in [0.1, 0.15) is 361 Å². The minimum absolute atomic E-state index is 0.0115. The van der Waals surface area contributed by atoms with Crippen molar-refractivity contribution in [2.75, 3.05) is 13.2 Å². The summed E-state index contributed by atoms with van der Waals surface area (Å²) in [4.78, 5) is 24.5. The van der Waals surface area contributed by atoms with Crippen LogP contribution in [0.4, 0.5) is 0 Å². The van der Waals surface area contributed by atoms with Crippen molar-refractivity contribution in [3.8, 4) is 0 Å². The van der Waals surface area contributed by atoms with Gasteiger partial charge in [-0.15, -0.1) is 0 Å². The van der Waals surface area contributed by atoms with Gasteiger partial charge in [-0.1, -0.05) is 309 Å². The zero-order valence-corrected chi connectivity index (χ0v) is 47.5. The monoisotopic (exact) mass is 988 g/mol. The van der Waals surface area contributed by atoms with Crippen LogP contribution < -0.4 is 5.32 Å². The van der Waals surface area contributed by atoms with E-state index in [1.807, 2.05) is 0 Å². The lowest BCUT2D eigenvalue weighted by Gasteiger charge is -2.22.